The quantitative estimate of drug-likeness (QED) is 0.727. The van der Waals surface area contributed by atoms with Gasteiger partial charge in [0.25, 0.3) is 5.92 Å². The van der Waals surface area contributed by atoms with Crippen LogP contribution in [0, 0.1) is 11.3 Å². The molecule has 0 N–H and O–H groups in total. The zero-order valence-corrected chi connectivity index (χ0v) is 14.9. The molecule has 0 saturated carbocycles. The molecule has 0 bridgehead atoms. The lowest BCUT2D eigenvalue weighted by molar-refractivity contribution is -0.132. The number of carbonyl (C=O) groups excluding carboxylic acids is 3. The summed E-state index contributed by atoms with van der Waals surface area (Å²) >= 11 is 0. The average Bonchev–Trinajstić information content (AvgIpc) is 3.01. The number of Topliss-reactive ketones (excluding diaryl/α,β-unsaturated/α-hetero) is 1. The van der Waals surface area contributed by atoms with Crippen molar-refractivity contribution in [2.24, 2.45) is 0 Å². The maximum absolute atomic E-state index is 13.5. The van der Waals surface area contributed by atoms with Gasteiger partial charge < -0.3 is 4.90 Å². The fraction of sp³-hybridized carbons (Fsp3) is 0.350. The van der Waals surface area contributed by atoms with Gasteiger partial charge in [0.05, 0.1) is 12.6 Å². The first kappa shape index (κ1) is 19.5. The summed E-state index contributed by atoms with van der Waals surface area (Å²) in [5, 5.41) is 8.98. The van der Waals surface area contributed by atoms with Gasteiger partial charge in [-0.3, -0.25) is 19.4 Å². The highest BCUT2D eigenvalue weighted by Gasteiger charge is 2.47. The van der Waals surface area contributed by atoms with Crippen LogP contribution in [0.1, 0.15) is 41.6 Å². The first-order chi connectivity index (χ1) is 13.3. The number of alkyl halides is 2. The van der Waals surface area contributed by atoms with Crippen molar-refractivity contribution in [3.8, 4) is 6.07 Å². The standard InChI is InChI=1S/C20H17F2N3O3/c21-20(22)9-14(10-23)25(12-20)19(28)6-5-18(27)16-7-8-24-11-17(16)13-1-3-15(26)4-2-13/h1-3,7-8,11,14H,4-6,9,12H2/t14-/m0/s1. The van der Waals surface area contributed by atoms with Gasteiger partial charge in [-0.1, -0.05) is 12.2 Å². The Morgan fingerprint density at radius 1 is 1.32 bits per heavy atom. The summed E-state index contributed by atoms with van der Waals surface area (Å²) in [6.07, 6.45) is 6.80. The molecule has 144 valence electrons. The minimum absolute atomic E-state index is 0.0411. The molecule has 1 amide bonds. The molecule has 1 atom stereocenters. The molecule has 3 rings (SSSR count). The zero-order valence-electron chi connectivity index (χ0n) is 14.9. The lowest BCUT2D eigenvalue weighted by Gasteiger charge is -2.19. The topological polar surface area (TPSA) is 91.1 Å². The molecule has 1 aromatic rings. The number of amides is 1. The Morgan fingerprint density at radius 3 is 2.79 bits per heavy atom. The van der Waals surface area contributed by atoms with Crippen molar-refractivity contribution in [2.45, 2.75) is 37.6 Å². The Hall–Kier alpha value is -3.21. The molecule has 0 unspecified atom stereocenters. The number of hydrogen-bond acceptors (Lipinski definition) is 5. The highest BCUT2D eigenvalue weighted by atomic mass is 19.3. The minimum Gasteiger partial charge on any atom is -0.320 e. The van der Waals surface area contributed by atoms with Crippen molar-refractivity contribution in [2.75, 3.05) is 6.54 Å². The SMILES string of the molecule is N#C[C@@H]1CC(F)(F)CN1C(=O)CCC(=O)c1ccncc1C1=CCC(=O)C=C1. The van der Waals surface area contributed by atoms with Crippen LogP contribution < -0.4 is 0 Å². The van der Waals surface area contributed by atoms with Crippen LogP contribution in [-0.4, -0.2) is 45.9 Å². The lowest BCUT2D eigenvalue weighted by atomic mass is 9.93. The number of nitrogens with zero attached hydrogens (tertiary/aromatic N) is 3. The molecule has 1 fully saturated rings. The van der Waals surface area contributed by atoms with Crippen LogP contribution in [0.25, 0.3) is 5.57 Å². The van der Waals surface area contributed by atoms with Gasteiger partial charge in [-0.25, -0.2) is 8.78 Å². The van der Waals surface area contributed by atoms with Crippen molar-refractivity contribution in [1.29, 1.82) is 5.26 Å². The van der Waals surface area contributed by atoms with Crippen LogP contribution in [-0.2, 0) is 9.59 Å². The van der Waals surface area contributed by atoms with Crippen LogP contribution in [0.15, 0.2) is 36.7 Å². The summed E-state index contributed by atoms with van der Waals surface area (Å²) in [5.74, 6) is -4.11. The van der Waals surface area contributed by atoms with Gasteiger partial charge >= 0.3 is 0 Å². The molecule has 0 radical (unpaired) electrons. The normalized spacial score (nSPS) is 20.6. The van der Waals surface area contributed by atoms with Gasteiger partial charge in [0.1, 0.15) is 6.04 Å². The number of pyridine rings is 1. The van der Waals surface area contributed by atoms with E-state index >= 15 is 0 Å². The second kappa shape index (κ2) is 7.80. The van der Waals surface area contributed by atoms with E-state index in [1.807, 2.05) is 0 Å². The molecule has 1 aliphatic heterocycles. The van der Waals surface area contributed by atoms with Crippen molar-refractivity contribution in [3.63, 3.8) is 0 Å². The average molecular weight is 385 g/mol. The molecule has 1 aromatic heterocycles. The van der Waals surface area contributed by atoms with E-state index in [-0.39, 0.29) is 30.8 Å². The van der Waals surface area contributed by atoms with E-state index in [0.717, 1.165) is 4.90 Å². The third-order valence-corrected chi connectivity index (χ3v) is 4.71. The van der Waals surface area contributed by atoms with E-state index in [2.05, 4.69) is 4.98 Å². The minimum atomic E-state index is -3.09. The smallest absolute Gasteiger partial charge is 0.268 e. The third kappa shape index (κ3) is 4.19. The van der Waals surface area contributed by atoms with Gasteiger partial charge in [0, 0.05) is 49.2 Å². The molecule has 6 nitrogen and oxygen atoms in total. The molecule has 1 aliphatic carbocycles. The van der Waals surface area contributed by atoms with E-state index in [1.165, 1.54) is 24.5 Å². The van der Waals surface area contributed by atoms with Gasteiger partial charge in [0.15, 0.2) is 11.6 Å². The van der Waals surface area contributed by atoms with Gasteiger partial charge in [0.2, 0.25) is 5.91 Å². The molecule has 2 heterocycles. The summed E-state index contributed by atoms with van der Waals surface area (Å²) in [6, 6.07) is 2.06. The molecule has 28 heavy (non-hydrogen) atoms. The Labute approximate surface area is 160 Å². The number of rotatable bonds is 5. The molecule has 0 spiro atoms. The number of halogens is 2. The number of hydrogen-bond donors (Lipinski definition) is 0. The van der Waals surface area contributed by atoms with E-state index in [1.54, 1.807) is 18.2 Å². The maximum atomic E-state index is 13.5. The molecular weight excluding hydrogens is 368 g/mol. The number of likely N-dealkylation sites (tertiary alicyclic amines) is 1. The maximum Gasteiger partial charge on any atom is 0.268 e. The van der Waals surface area contributed by atoms with Crippen LogP contribution in [0.2, 0.25) is 0 Å². The van der Waals surface area contributed by atoms with Crippen LogP contribution in [0.4, 0.5) is 8.78 Å². The van der Waals surface area contributed by atoms with Crippen LogP contribution in [0.5, 0.6) is 0 Å². The number of aromatic nitrogens is 1. The zero-order chi connectivity index (χ0) is 20.3. The van der Waals surface area contributed by atoms with E-state index in [9.17, 15) is 23.2 Å². The van der Waals surface area contributed by atoms with Gasteiger partial charge in [-0.15, -0.1) is 0 Å². The summed E-state index contributed by atoms with van der Waals surface area (Å²) in [7, 11) is 0. The lowest BCUT2D eigenvalue weighted by Crippen LogP contribution is -2.36. The second-order valence-corrected chi connectivity index (χ2v) is 6.73. The summed E-state index contributed by atoms with van der Waals surface area (Å²) in [6.45, 7) is -0.801. The fourth-order valence-electron chi connectivity index (χ4n) is 3.29. The molecular formula is C20H17F2N3O3. The Morgan fingerprint density at radius 2 is 2.11 bits per heavy atom. The largest absolute Gasteiger partial charge is 0.320 e. The monoisotopic (exact) mass is 385 g/mol. The number of allylic oxidation sites excluding steroid dienone is 4. The molecule has 0 aromatic carbocycles. The van der Waals surface area contributed by atoms with Crippen molar-refractivity contribution in [3.05, 3.63) is 47.8 Å². The Balaban J connectivity index is 1.69. The van der Waals surface area contributed by atoms with E-state index in [0.29, 0.717) is 16.7 Å². The van der Waals surface area contributed by atoms with Crippen LogP contribution in [0.3, 0.4) is 0 Å². The predicted molar refractivity (Wildman–Crippen MR) is 95.2 cm³/mol. The Bertz CT molecular complexity index is 931. The van der Waals surface area contributed by atoms with E-state index in [4.69, 9.17) is 5.26 Å². The highest BCUT2D eigenvalue weighted by molar-refractivity contribution is 6.05. The molecule has 2 aliphatic rings. The highest BCUT2D eigenvalue weighted by Crippen LogP contribution is 2.32. The Kier molecular flexibility index (Phi) is 5.45. The second-order valence-electron chi connectivity index (χ2n) is 6.73. The van der Waals surface area contributed by atoms with Gasteiger partial charge in [-0.05, 0) is 17.7 Å². The number of carbonyl (C=O) groups is 3. The van der Waals surface area contributed by atoms with Gasteiger partial charge in [-0.2, -0.15) is 5.26 Å². The first-order valence-corrected chi connectivity index (χ1v) is 8.76. The summed E-state index contributed by atoms with van der Waals surface area (Å²) in [5.41, 5.74) is 1.58. The summed E-state index contributed by atoms with van der Waals surface area (Å²) < 4.78 is 27.0. The number of ketones is 2. The predicted octanol–water partition coefficient (Wildman–Crippen LogP) is 2.72. The van der Waals surface area contributed by atoms with Crippen molar-refractivity contribution in [1.82, 2.24) is 9.88 Å². The fourth-order valence-corrected chi connectivity index (χ4v) is 3.29. The van der Waals surface area contributed by atoms with Crippen molar-refractivity contribution >= 4 is 23.0 Å². The van der Waals surface area contributed by atoms with E-state index < -0.39 is 30.8 Å². The third-order valence-electron chi connectivity index (χ3n) is 4.71. The molecule has 1 saturated heterocycles. The molecule has 8 heteroatoms. The van der Waals surface area contributed by atoms with Crippen LogP contribution >= 0.6 is 0 Å². The summed E-state index contributed by atoms with van der Waals surface area (Å²) in [4.78, 5) is 41.1. The number of nitriles is 1. The van der Waals surface area contributed by atoms with Crippen molar-refractivity contribution < 1.29 is 23.2 Å². The first-order valence-electron chi connectivity index (χ1n) is 8.76.